The number of ether oxygens (including phenoxy) is 1. The zero-order valence-corrected chi connectivity index (χ0v) is 20.6. The first-order valence-corrected chi connectivity index (χ1v) is 12.8. The lowest BCUT2D eigenvalue weighted by atomic mass is 9.63. The smallest absolute Gasteiger partial charge is 0.302 e. The highest BCUT2D eigenvalue weighted by Gasteiger charge is 2.44. The summed E-state index contributed by atoms with van der Waals surface area (Å²) < 4.78 is 5.46. The number of hydrogen-bond acceptors (Lipinski definition) is 3. The highest BCUT2D eigenvalue weighted by atomic mass is 16.5. The molecule has 0 radical (unpaired) electrons. The number of carbonyl (C=O) groups is 1. The molecule has 3 heteroatoms. The molecule has 0 aromatic rings. The Hall–Kier alpha value is -1.79. The van der Waals surface area contributed by atoms with E-state index in [-0.39, 0.29) is 17.5 Å². The summed E-state index contributed by atoms with van der Waals surface area (Å²) in [5, 5.41) is 10.4. The Bertz CT molecular complexity index is 830. The third-order valence-corrected chi connectivity index (χ3v) is 8.10. The van der Waals surface area contributed by atoms with Gasteiger partial charge in [-0.1, -0.05) is 67.6 Å². The third kappa shape index (κ3) is 5.96. The van der Waals surface area contributed by atoms with Crippen molar-refractivity contribution in [2.45, 2.75) is 116 Å². The molecule has 3 nitrogen and oxygen atoms in total. The lowest BCUT2D eigenvalue weighted by Crippen LogP contribution is -2.30. The zero-order valence-electron chi connectivity index (χ0n) is 20.6. The molecule has 3 aliphatic rings. The van der Waals surface area contributed by atoms with Gasteiger partial charge in [-0.2, -0.15) is 0 Å². The van der Waals surface area contributed by atoms with Gasteiger partial charge in [0, 0.05) is 19.8 Å². The van der Waals surface area contributed by atoms with E-state index >= 15 is 0 Å². The second-order valence-electron chi connectivity index (χ2n) is 10.2. The maximum absolute atomic E-state index is 11.3. The van der Waals surface area contributed by atoms with Gasteiger partial charge < -0.3 is 9.84 Å². The summed E-state index contributed by atoms with van der Waals surface area (Å²) in [5.74, 6) is 6.81. The van der Waals surface area contributed by atoms with E-state index in [1.54, 1.807) is 11.1 Å². The summed E-state index contributed by atoms with van der Waals surface area (Å²) in [5.41, 5.74) is 4.01. The van der Waals surface area contributed by atoms with Gasteiger partial charge in [-0.25, -0.2) is 0 Å². The van der Waals surface area contributed by atoms with Gasteiger partial charge >= 0.3 is 5.97 Å². The molecular weight excluding hydrogens is 396 g/mol. The Balaban J connectivity index is 1.63. The zero-order chi connectivity index (χ0) is 23.2. The van der Waals surface area contributed by atoms with Crippen LogP contribution in [0.15, 0.2) is 34.9 Å². The van der Waals surface area contributed by atoms with E-state index in [0.717, 1.165) is 44.9 Å². The van der Waals surface area contributed by atoms with Crippen molar-refractivity contribution >= 4 is 5.97 Å². The molecule has 0 spiro atoms. The summed E-state index contributed by atoms with van der Waals surface area (Å²) in [4.78, 5) is 11.3. The first-order valence-electron chi connectivity index (χ1n) is 12.8. The first-order chi connectivity index (χ1) is 15.3. The molecule has 2 unspecified atom stereocenters. The van der Waals surface area contributed by atoms with Crippen LogP contribution in [0.5, 0.6) is 0 Å². The van der Waals surface area contributed by atoms with Crippen molar-refractivity contribution in [3.8, 4) is 11.8 Å². The molecule has 0 bridgehead atoms. The summed E-state index contributed by atoms with van der Waals surface area (Å²) in [7, 11) is 0. The molecule has 3 rings (SSSR count). The molecule has 176 valence electrons. The van der Waals surface area contributed by atoms with Gasteiger partial charge in [0.15, 0.2) is 0 Å². The molecule has 0 saturated heterocycles. The molecule has 0 aromatic heterocycles. The molecule has 0 aliphatic heterocycles. The number of aliphatic hydroxyl groups is 1. The molecule has 0 amide bonds. The Kier molecular flexibility index (Phi) is 8.45. The average molecular weight is 439 g/mol. The topological polar surface area (TPSA) is 46.5 Å². The van der Waals surface area contributed by atoms with Crippen molar-refractivity contribution in [2.24, 2.45) is 11.3 Å². The quantitative estimate of drug-likeness (QED) is 0.281. The van der Waals surface area contributed by atoms with Crippen molar-refractivity contribution in [3.05, 3.63) is 34.9 Å². The van der Waals surface area contributed by atoms with E-state index in [0.29, 0.717) is 18.8 Å². The summed E-state index contributed by atoms with van der Waals surface area (Å²) >= 11 is 0. The lowest BCUT2D eigenvalue weighted by Gasteiger charge is -2.41. The number of allylic oxidation sites excluding steroid dienone is 5. The van der Waals surface area contributed by atoms with Crippen LogP contribution < -0.4 is 0 Å². The van der Waals surface area contributed by atoms with Crippen LogP contribution in [0.4, 0.5) is 0 Å². The third-order valence-electron chi connectivity index (χ3n) is 8.10. The van der Waals surface area contributed by atoms with Gasteiger partial charge in [0.1, 0.15) is 11.7 Å². The minimum atomic E-state index is -0.821. The largest absolute Gasteiger partial charge is 0.462 e. The van der Waals surface area contributed by atoms with Crippen molar-refractivity contribution in [1.82, 2.24) is 0 Å². The fourth-order valence-electron chi connectivity index (χ4n) is 5.91. The van der Waals surface area contributed by atoms with E-state index < -0.39 is 5.60 Å². The summed E-state index contributed by atoms with van der Waals surface area (Å²) in [6.45, 7) is 7.96. The highest BCUT2D eigenvalue weighted by molar-refractivity contribution is 5.66. The van der Waals surface area contributed by atoms with Gasteiger partial charge in [-0.05, 0) is 75.5 Å². The van der Waals surface area contributed by atoms with Crippen molar-refractivity contribution in [1.29, 1.82) is 0 Å². The predicted octanol–water partition coefficient (Wildman–Crippen LogP) is 6.82. The minimum absolute atomic E-state index is 0.0569. The van der Waals surface area contributed by atoms with E-state index in [4.69, 9.17) is 4.74 Å². The number of rotatable bonds is 6. The molecule has 2 saturated carbocycles. The lowest BCUT2D eigenvalue weighted by molar-refractivity contribution is -0.147. The van der Waals surface area contributed by atoms with Crippen LogP contribution in [0, 0.1) is 23.2 Å². The highest BCUT2D eigenvalue weighted by Crippen LogP contribution is 2.55. The molecule has 3 atom stereocenters. The van der Waals surface area contributed by atoms with Gasteiger partial charge in [-0.15, -0.1) is 0 Å². The number of hydrogen-bond donors (Lipinski definition) is 1. The van der Waals surface area contributed by atoms with Gasteiger partial charge in [0.25, 0.3) is 0 Å². The van der Waals surface area contributed by atoms with Crippen LogP contribution in [-0.2, 0) is 9.53 Å². The van der Waals surface area contributed by atoms with Crippen LogP contribution in [0.25, 0.3) is 0 Å². The summed E-state index contributed by atoms with van der Waals surface area (Å²) in [6, 6.07) is 0. The summed E-state index contributed by atoms with van der Waals surface area (Å²) in [6.07, 6.45) is 19.4. The van der Waals surface area contributed by atoms with Crippen LogP contribution in [-0.4, -0.2) is 22.8 Å². The Morgan fingerprint density at radius 2 is 2.06 bits per heavy atom. The van der Waals surface area contributed by atoms with Gasteiger partial charge in [0.2, 0.25) is 0 Å². The molecular formula is C29H42O3. The van der Waals surface area contributed by atoms with Crippen molar-refractivity contribution in [3.63, 3.8) is 0 Å². The fourth-order valence-corrected chi connectivity index (χ4v) is 5.91. The monoisotopic (exact) mass is 438 g/mol. The molecule has 0 heterocycles. The Morgan fingerprint density at radius 3 is 2.78 bits per heavy atom. The minimum Gasteiger partial charge on any atom is -0.462 e. The van der Waals surface area contributed by atoms with Crippen LogP contribution in [0.2, 0.25) is 0 Å². The maximum atomic E-state index is 11.3. The second-order valence-corrected chi connectivity index (χ2v) is 10.2. The second kappa shape index (κ2) is 10.9. The number of esters is 1. The molecule has 0 aromatic carbocycles. The van der Waals surface area contributed by atoms with E-state index in [1.807, 2.05) is 13.8 Å². The van der Waals surface area contributed by atoms with E-state index in [1.165, 1.54) is 31.8 Å². The molecule has 3 aliphatic carbocycles. The molecule has 32 heavy (non-hydrogen) atoms. The van der Waals surface area contributed by atoms with Gasteiger partial charge in [0.05, 0.1) is 0 Å². The van der Waals surface area contributed by atoms with Crippen LogP contribution >= 0.6 is 0 Å². The standard InChI is InChI=1S/C29H42O3/c1-5-29(31,6-2)20-8-7-13-25-17-18-27-24(12-10-19-28(25,27)4)16-15-23-11-9-14-26(21-23)32-22(3)30/h15-17,26-27,31H,5-7,9-14,18-19,21H2,1-4H3/b23-15-,24-16+/t26-,27?,28?/m0/s1. The van der Waals surface area contributed by atoms with E-state index in [2.05, 4.69) is 37.0 Å². The Labute approximate surface area is 195 Å². The first kappa shape index (κ1) is 24.8. The molecule has 2 fully saturated rings. The van der Waals surface area contributed by atoms with Crippen LogP contribution in [0.1, 0.15) is 105 Å². The van der Waals surface area contributed by atoms with E-state index in [9.17, 15) is 9.90 Å². The normalized spacial score (nSPS) is 30.5. The SMILES string of the molecule is CCC(O)(C#CCCC1=CCC2/C(=C/C=C3/CCC[C@H](OC(C)=O)C3)CCCC12C)CC. The Morgan fingerprint density at radius 1 is 1.28 bits per heavy atom. The average Bonchev–Trinajstić information content (AvgIpc) is 3.11. The predicted molar refractivity (Wildman–Crippen MR) is 131 cm³/mol. The van der Waals surface area contributed by atoms with Gasteiger partial charge in [-0.3, -0.25) is 4.79 Å². The van der Waals surface area contributed by atoms with Crippen LogP contribution in [0.3, 0.4) is 0 Å². The maximum Gasteiger partial charge on any atom is 0.302 e. The van der Waals surface area contributed by atoms with Crippen molar-refractivity contribution < 1.29 is 14.6 Å². The van der Waals surface area contributed by atoms with Crippen molar-refractivity contribution in [2.75, 3.05) is 0 Å². The fraction of sp³-hybridized carbons (Fsp3) is 0.690. The molecule has 1 N–H and O–H groups in total. The number of carbonyl (C=O) groups excluding carboxylic acids is 1. The number of fused-ring (bicyclic) bond motifs is 1.